The van der Waals surface area contributed by atoms with Crippen LogP contribution in [-0.4, -0.2) is 49.2 Å². The van der Waals surface area contributed by atoms with Crippen LogP contribution in [0.1, 0.15) is 18.5 Å². The second-order valence-electron chi connectivity index (χ2n) is 5.33. The molecule has 0 aromatic heterocycles. The molecule has 0 aliphatic rings. The van der Waals surface area contributed by atoms with Gasteiger partial charge in [0.15, 0.2) is 5.11 Å². The molecule has 6 nitrogen and oxygen atoms in total. The van der Waals surface area contributed by atoms with Gasteiger partial charge >= 0.3 is 0 Å². The van der Waals surface area contributed by atoms with Crippen molar-refractivity contribution in [2.45, 2.75) is 13.0 Å². The Morgan fingerprint density at radius 2 is 2.19 bits per heavy atom. The molecule has 0 aliphatic heterocycles. The molecule has 1 atom stereocenters. The van der Waals surface area contributed by atoms with E-state index in [0.29, 0.717) is 5.11 Å². The number of thiocarbonyl (C=S) groups is 1. The number of hydrogen-bond acceptors (Lipinski definition) is 3. The summed E-state index contributed by atoms with van der Waals surface area (Å²) in [6.07, 6.45) is 0. The van der Waals surface area contributed by atoms with Crippen molar-refractivity contribution in [2.24, 2.45) is 0 Å². The minimum atomic E-state index is -0.382. The Bertz CT molecular complexity index is 508. The fourth-order valence-corrected chi connectivity index (χ4v) is 2.10. The highest BCUT2D eigenvalue weighted by molar-refractivity contribution is 7.80. The van der Waals surface area contributed by atoms with Crippen LogP contribution in [-0.2, 0) is 0 Å². The minimum Gasteiger partial charge on any atom is -0.357 e. The molecule has 0 amide bonds. The number of rotatable bonds is 6. The summed E-state index contributed by atoms with van der Waals surface area (Å²) < 4.78 is 0. The molecule has 0 unspecified atom stereocenters. The number of nitro benzene ring substituents is 1. The monoisotopic (exact) mass is 311 g/mol. The van der Waals surface area contributed by atoms with Gasteiger partial charge in [0, 0.05) is 19.2 Å². The van der Waals surface area contributed by atoms with Crippen molar-refractivity contribution < 1.29 is 9.82 Å². The molecule has 0 radical (unpaired) electrons. The quantitative estimate of drug-likeness (QED) is 0.458. The van der Waals surface area contributed by atoms with Crippen molar-refractivity contribution in [3.8, 4) is 0 Å². The van der Waals surface area contributed by atoms with Crippen molar-refractivity contribution in [1.29, 1.82) is 0 Å². The van der Waals surface area contributed by atoms with Crippen LogP contribution in [0.2, 0.25) is 0 Å². The van der Waals surface area contributed by atoms with Crippen LogP contribution in [0.5, 0.6) is 0 Å². The lowest BCUT2D eigenvalue weighted by Gasteiger charge is -2.28. The summed E-state index contributed by atoms with van der Waals surface area (Å²) in [5.41, 5.74) is 0.969. The Morgan fingerprint density at radius 1 is 1.52 bits per heavy atom. The molecule has 116 valence electrons. The summed E-state index contributed by atoms with van der Waals surface area (Å²) in [5, 5.41) is 14.7. The van der Waals surface area contributed by atoms with E-state index in [4.69, 9.17) is 12.2 Å². The summed E-state index contributed by atoms with van der Waals surface area (Å²) in [6, 6.07) is 6.63. The van der Waals surface area contributed by atoms with E-state index in [1.165, 1.54) is 11.0 Å². The fourth-order valence-electron chi connectivity index (χ4n) is 1.84. The fraction of sp³-hybridized carbons (Fsp3) is 0.500. The number of hydrogen-bond donors (Lipinski definition) is 2. The molecule has 0 saturated heterocycles. The molecule has 1 rings (SSSR count). The standard InChI is InChI=1S/C14H22N4O2S/c1-11(12-6-5-7-13(10-12)18(19)20)17(4)14(21)15-8-9-16(2)3/h5-7,10-11H,8-9H2,1-4H3,(H,15,21)/p+1/t11-/m1/s1. The van der Waals surface area contributed by atoms with Crippen molar-refractivity contribution in [3.63, 3.8) is 0 Å². The molecule has 21 heavy (non-hydrogen) atoms. The predicted molar refractivity (Wildman–Crippen MR) is 87.6 cm³/mol. The normalized spacial score (nSPS) is 12.0. The van der Waals surface area contributed by atoms with Gasteiger partial charge < -0.3 is 15.1 Å². The molecule has 2 N–H and O–H groups in total. The second-order valence-corrected chi connectivity index (χ2v) is 5.71. The summed E-state index contributed by atoms with van der Waals surface area (Å²) in [5.74, 6) is 0. The summed E-state index contributed by atoms with van der Waals surface area (Å²) in [6.45, 7) is 3.75. The van der Waals surface area contributed by atoms with Gasteiger partial charge in [0.2, 0.25) is 0 Å². The molecule has 7 heteroatoms. The molecule has 0 spiro atoms. The Hall–Kier alpha value is -1.73. The third-order valence-corrected chi connectivity index (χ3v) is 3.80. The maximum absolute atomic E-state index is 10.8. The minimum absolute atomic E-state index is 0.0309. The number of quaternary nitrogens is 1. The molecule has 0 fully saturated rings. The topological polar surface area (TPSA) is 62.9 Å². The van der Waals surface area contributed by atoms with Gasteiger partial charge in [-0.2, -0.15) is 0 Å². The SMILES string of the molecule is C[C@H](c1cccc([N+](=O)[O-])c1)N(C)C(=S)NCC[NH+](C)C. The molecular formula is C14H23N4O2S+. The van der Waals surface area contributed by atoms with Crippen LogP contribution in [0.25, 0.3) is 0 Å². The van der Waals surface area contributed by atoms with E-state index in [2.05, 4.69) is 19.4 Å². The zero-order chi connectivity index (χ0) is 16.0. The van der Waals surface area contributed by atoms with Crippen LogP contribution in [0.4, 0.5) is 5.69 Å². The third kappa shape index (κ3) is 5.28. The highest BCUT2D eigenvalue weighted by Crippen LogP contribution is 2.22. The van der Waals surface area contributed by atoms with Gasteiger partial charge in [0.25, 0.3) is 5.69 Å². The van der Waals surface area contributed by atoms with E-state index in [0.717, 1.165) is 18.7 Å². The summed E-state index contributed by atoms with van der Waals surface area (Å²) in [7, 11) is 6.06. The number of benzene rings is 1. The lowest BCUT2D eigenvalue weighted by molar-refractivity contribution is -0.856. The smallest absolute Gasteiger partial charge is 0.269 e. The van der Waals surface area contributed by atoms with Gasteiger partial charge in [-0.3, -0.25) is 10.1 Å². The second kappa shape index (κ2) is 7.90. The zero-order valence-electron chi connectivity index (χ0n) is 12.9. The first kappa shape index (κ1) is 17.3. The van der Waals surface area contributed by atoms with Crippen molar-refractivity contribution in [2.75, 3.05) is 34.2 Å². The van der Waals surface area contributed by atoms with Crippen molar-refractivity contribution in [1.82, 2.24) is 10.2 Å². The highest BCUT2D eigenvalue weighted by Gasteiger charge is 2.17. The largest absolute Gasteiger partial charge is 0.357 e. The number of nitrogens with one attached hydrogen (secondary N) is 2. The Labute approximate surface area is 130 Å². The first-order chi connectivity index (χ1) is 9.82. The predicted octanol–water partition coefficient (Wildman–Crippen LogP) is 0.607. The number of nitrogens with zero attached hydrogens (tertiary/aromatic N) is 2. The molecule has 0 heterocycles. The molecular weight excluding hydrogens is 288 g/mol. The van der Waals surface area contributed by atoms with Gasteiger partial charge in [-0.25, -0.2) is 0 Å². The molecule has 0 saturated carbocycles. The first-order valence-electron chi connectivity index (χ1n) is 6.87. The van der Waals surface area contributed by atoms with E-state index in [9.17, 15) is 10.1 Å². The van der Waals surface area contributed by atoms with Crippen LogP contribution < -0.4 is 10.2 Å². The molecule has 0 aliphatic carbocycles. The maximum atomic E-state index is 10.8. The summed E-state index contributed by atoms with van der Waals surface area (Å²) >= 11 is 5.36. The van der Waals surface area contributed by atoms with E-state index in [1.807, 2.05) is 24.9 Å². The third-order valence-electron chi connectivity index (χ3n) is 3.37. The average Bonchev–Trinajstić information content (AvgIpc) is 2.45. The van der Waals surface area contributed by atoms with Crippen LogP contribution in [0, 0.1) is 10.1 Å². The van der Waals surface area contributed by atoms with Crippen LogP contribution in [0.3, 0.4) is 0 Å². The van der Waals surface area contributed by atoms with E-state index in [1.54, 1.807) is 12.1 Å². The molecule has 1 aromatic carbocycles. The van der Waals surface area contributed by atoms with Gasteiger partial charge in [0.05, 0.1) is 38.2 Å². The van der Waals surface area contributed by atoms with Crippen LogP contribution in [0.15, 0.2) is 24.3 Å². The van der Waals surface area contributed by atoms with Gasteiger partial charge in [0.1, 0.15) is 0 Å². The van der Waals surface area contributed by atoms with Gasteiger partial charge in [-0.05, 0) is 24.7 Å². The lowest BCUT2D eigenvalue weighted by atomic mass is 10.1. The van der Waals surface area contributed by atoms with Crippen molar-refractivity contribution in [3.05, 3.63) is 39.9 Å². The van der Waals surface area contributed by atoms with Gasteiger partial charge in [-0.1, -0.05) is 12.1 Å². The van der Waals surface area contributed by atoms with Gasteiger partial charge in [-0.15, -0.1) is 0 Å². The van der Waals surface area contributed by atoms with Crippen LogP contribution >= 0.6 is 12.2 Å². The Balaban J connectivity index is 2.68. The average molecular weight is 311 g/mol. The maximum Gasteiger partial charge on any atom is 0.269 e. The highest BCUT2D eigenvalue weighted by atomic mass is 32.1. The number of nitro groups is 1. The Kier molecular flexibility index (Phi) is 6.51. The number of non-ortho nitro benzene ring substituents is 1. The first-order valence-corrected chi connectivity index (χ1v) is 7.27. The zero-order valence-corrected chi connectivity index (χ0v) is 13.7. The van der Waals surface area contributed by atoms with E-state index >= 15 is 0 Å². The summed E-state index contributed by atoms with van der Waals surface area (Å²) in [4.78, 5) is 13.7. The lowest BCUT2D eigenvalue weighted by Crippen LogP contribution is -3.06. The van der Waals surface area contributed by atoms with Crippen molar-refractivity contribution >= 4 is 23.0 Å². The van der Waals surface area contributed by atoms with E-state index < -0.39 is 0 Å². The van der Waals surface area contributed by atoms with E-state index in [-0.39, 0.29) is 16.7 Å². The number of likely N-dealkylation sites (N-methyl/N-ethyl adjacent to an activating group) is 1. The Morgan fingerprint density at radius 3 is 2.76 bits per heavy atom. The molecule has 1 aromatic rings. The molecule has 0 bridgehead atoms.